The molecular formula is C14H11ClFN3. The molecule has 0 aromatic heterocycles. The molecule has 0 unspecified atom stereocenters. The smallest absolute Gasteiger partial charge is 0.124 e. The van der Waals surface area contributed by atoms with Crippen LogP contribution in [0.2, 0.25) is 5.02 Å². The summed E-state index contributed by atoms with van der Waals surface area (Å²) in [5.41, 5.74) is 8.41. The number of hydrogen-bond donors (Lipinski definition) is 2. The van der Waals surface area contributed by atoms with Gasteiger partial charge in [-0.2, -0.15) is 5.26 Å². The van der Waals surface area contributed by atoms with Gasteiger partial charge < -0.3 is 11.1 Å². The summed E-state index contributed by atoms with van der Waals surface area (Å²) >= 11 is 5.93. The minimum absolute atomic E-state index is 0.235. The maximum atomic E-state index is 12.9. The number of anilines is 3. The highest BCUT2D eigenvalue weighted by molar-refractivity contribution is 6.33. The van der Waals surface area contributed by atoms with Gasteiger partial charge >= 0.3 is 0 Å². The van der Waals surface area contributed by atoms with Crippen molar-refractivity contribution >= 4 is 28.7 Å². The molecule has 0 aliphatic carbocycles. The van der Waals surface area contributed by atoms with Crippen molar-refractivity contribution in [2.75, 3.05) is 11.1 Å². The van der Waals surface area contributed by atoms with E-state index in [1.807, 2.05) is 0 Å². The molecule has 0 radical (unpaired) electrons. The molecule has 3 N–H and O–H groups in total. The topological polar surface area (TPSA) is 61.8 Å². The molecule has 5 heteroatoms. The van der Waals surface area contributed by atoms with E-state index in [9.17, 15) is 4.39 Å². The van der Waals surface area contributed by atoms with Gasteiger partial charge in [-0.05, 0) is 42.0 Å². The van der Waals surface area contributed by atoms with E-state index in [4.69, 9.17) is 22.6 Å². The van der Waals surface area contributed by atoms with Crippen LogP contribution in [0.1, 0.15) is 5.56 Å². The SMILES string of the molecule is N#CCc1cc(Nc2ccc(F)cc2Cl)ccc1N. The van der Waals surface area contributed by atoms with Crippen LogP contribution in [-0.4, -0.2) is 0 Å². The Bertz CT molecular complexity index is 650. The lowest BCUT2D eigenvalue weighted by molar-refractivity contribution is 0.628. The highest BCUT2D eigenvalue weighted by Crippen LogP contribution is 2.27. The standard InChI is InChI=1S/C14H11ClFN3/c15-12-8-10(16)1-4-14(12)19-11-2-3-13(18)9(7-11)5-6-17/h1-4,7-8,19H,5,18H2. The Hall–Kier alpha value is -2.25. The predicted molar refractivity (Wildman–Crippen MR) is 74.9 cm³/mol. The van der Waals surface area contributed by atoms with Gasteiger partial charge in [0.1, 0.15) is 5.82 Å². The van der Waals surface area contributed by atoms with E-state index < -0.39 is 5.82 Å². The number of halogens is 2. The lowest BCUT2D eigenvalue weighted by Crippen LogP contribution is -1.97. The molecule has 2 aromatic rings. The molecule has 0 amide bonds. The molecule has 0 saturated heterocycles. The molecule has 0 bridgehead atoms. The van der Waals surface area contributed by atoms with Crippen LogP contribution in [0.3, 0.4) is 0 Å². The first-order valence-electron chi connectivity index (χ1n) is 5.57. The maximum absolute atomic E-state index is 12.9. The number of benzene rings is 2. The Morgan fingerprint density at radius 2 is 2.05 bits per heavy atom. The second-order valence-electron chi connectivity index (χ2n) is 4.00. The van der Waals surface area contributed by atoms with Crippen LogP contribution in [0.25, 0.3) is 0 Å². The van der Waals surface area contributed by atoms with Crippen LogP contribution in [0.15, 0.2) is 36.4 Å². The van der Waals surface area contributed by atoms with E-state index in [1.165, 1.54) is 12.1 Å². The zero-order valence-corrected chi connectivity index (χ0v) is 10.7. The van der Waals surface area contributed by atoms with Crippen molar-refractivity contribution in [3.63, 3.8) is 0 Å². The number of rotatable bonds is 3. The van der Waals surface area contributed by atoms with Gasteiger partial charge in [-0.25, -0.2) is 4.39 Å². The van der Waals surface area contributed by atoms with Crippen LogP contribution in [0.4, 0.5) is 21.5 Å². The third kappa shape index (κ3) is 3.15. The minimum atomic E-state index is -0.391. The highest BCUT2D eigenvalue weighted by atomic mass is 35.5. The van der Waals surface area contributed by atoms with E-state index in [-0.39, 0.29) is 6.42 Å². The monoisotopic (exact) mass is 275 g/mol. The van der Waals surface area contributed by atoms with Crippen LogP contribution < -0.4 is 11.1 Å². The predicted octanol–water partition coefficient (Wildman–Crippen LogP) is 3.87. The van der Waals surface area contributed by atoms with Crippen molar-refractivity contribution in [3.8, 4) is 6.07 Å². The van der Waals surface area contributed by atoms with Crippen LogP contribution in [-0.2, 0) is 6.42 Å². The quantitative estimate of drug-likeness (QED) is 0.836. The Kier molecular flexibility index (Phi) is 3.88. The molecule has 2 rings (SSSR count). The molecule has 0 aliphatic rings. The molecule has 19 heavy (non-hydrogen) atoms. The first-order valence-corrected chi connectivity index (χ1v) is 5.95. The summed E-state index contributed by atoms with van der Waals surface area (Å²) in [7, 11) is 0. The molecule has 0 heterocycles. The average Bonchev–Trinajstić information content (AvgIpc) is 2.37. The molecule has 2 aromatic carbocycles. The Morgan fingerprint density at radius 3 is 2.74 bits per heavy atom. The molecule has 0 aliphatic heterocycles. The number of nitrogen functional groups attached to an aromatic ring is 1. The van der Waals surface area contributed by atoms with E-state index in [1.54, 1.807) is 24.3 Å². The summed E-state index contributed by atoms with van der Waals surface area (Å²) in [6, 6.07) is 11.4. The second kappa shape index (κ2) is 5.59. The number of nitriles is 1. The maximum Gasteiger partial charge on any atom is 0.124 e. The lowest BCUT2D eigenvalue weighted by atomic mass is 10.1. The lowest BCUT2D eigenvalue weighted by Gasteiger charge is -2.10. The van der Waals surface area contributed by atoms with Gasteiger partial charge in [-0.1, -0.05) is 11.6 Å². The van der Waals surface area contributed by atoms with Crippen molar-refractivity contribution < 1.29 is 4.39 Å². The van der Waals surface area contributed by atoms with Gasteiger partial charge in [0.25, 0.3) is 0 Å². The van der Waals surface area contributed by atoms with E-state index in [2.05, 4.69) is 11.4 Å². The van der Waals surface area contributed by atoms with E-state index in [0.29, 0.717) is 16.4 Å². The summed E-state index contributed by atoms with van der Waals surface area (Å²) in [4.78, 5) is 0. The zero-order valence-electron chi connectivity index (χ0n) is 9.95. The Balaban J connectivity index is 2.28. The first-order chi connectivity index (χ1) is 9.10. The van der Waals surface area contributed by atoms with Crippen molar-refractivity contribution in [3.05, 3.63) is 52.8 Å². The molecular weight excluding hydrogens is 265 g/mol. The summed E-state index contributed by atoms with van der Waals surface area (Å²) in [6.07, 6.45) is 0.235. The average molecular weight is 276 g/mol. The third-order valence-electron chi connectivity index (χ3n) is 2.62. The molecule has 0 spiro atoms. The molecule has 0 saturated carbocycles. The van der Waals surface area contributed by atoms with Crippen LogP contribution in [0.5, 0.6) is 0 Å². The fourth-order valence-corrected chi connectivity index (χ4v) is 1.88. The largest absolute Gasteiger partial charge is 0.398 e. The van der Waals surface area contributed by atoms with Gasteiger partial charge in [0, 0.05) is 11.4 Å². The number of hydrogen-bond acceptors (Lipinski definition) is 3. The molecule has 0 atom stereocenters. The Morgan fingerprint density at radius 1 is 1.26 bits per heavy atom. The number of nitrogens with two attached hydrogens (primary N) is 1. The van der Waals surface area contributed by atoms with Gasteiger partial charge in [0.15, 0.2) is 0 Å². The highest BCUT2D eigenvalue weighted by Gasteiger charge is 2.05. The molecule has 3 nitrogen and oxygen atoms in total. The molecule has 96 valence electrons. The van der Waals surface area contributed by atoms with Gasteiger partial charge in [0.2, 0.25) is 0 Å². The third-order valence-corrected chi connectivity index (χ3v) is 2.94. The van der Waals surface area contributed by atoms with E-state index in [0.717, 1.165) is 11.3 Å². The number of nitrogens with zero attached hydrogens (tertiary/aromatic N) is 1. The minimum Gasteiger partial charge on any atom is -0.398 e. The zero-order chi connectivity index (χ0) is 13.8. The van der Waals surface area contributed by atoms with Crippen molar-refractivity contribution in [1.29, 1.82) is 5.26 Å². The van der Waals surface area contributed by atoms with Crippen molar-refractivity contribution in [1.82, 2.24) is 0 Å². The van der Waals surface area contributed by atoms with Gasteiger partial charge in [-0.15, -0.1) is 0 Å². The van der Waals surface area contributed by atoms with Crippen molar-refractivity contribution in [2.45, 2.75) is 6.42 Å². The summed E-state index contributed by atoms with van der Waals surface area (Å²) < 4.78 is 12.9. The normalized spacial score (nSPS) is 9.95. The summed E-state index contributed by atoms with van der Waals surface area (Å²) in [6.45, 7) is 0. The van der Waals surface area contributed by atoms with Gasteiger partial charge in [-0.3, -0.25) is 0 Å². The van der Waals surface area contributed by atoms with Gasteiger partial charge in [0.05, 0.1) is 23.2 Å². The van der Waals surface area contributed by atoms with Crippen molar-refractivity contribution in [2.24, 2.45) is 0 Å². The fourth-order valence-electron chi connectivity index (χ4n) is 1.67. The number of nitrogens with one attached hydrogen (secondary N) is 1. The summed E-state index contributed by atoms with van der Waals surface area (Å²) in [5, 5.41) is 12.1. The Labute approximate surface area is 115 Å². The summed E-state index contributed by atoms with van der Waals surface area (Å²) in [5.74, 6) is -0.391. The second-order valence-corrected chi connectivity index (χ2v) is 4.40. The van der Waals surface area contributed by atoms with Crippen LogP contribution in [0, 0.1) is 17.1 Å². The fraction of sp³-hybridized carbons (Fsp3) is 0.0714. The first kappa shape index (κ1) is 13.2. The molecule has 0 fully saturated rings. The van der Waals surface area contributed by atoms with Crippen LogP contribution >= 0.6 is 11.6 Å². The van der Waals surface area contributed by atoms with E-state index >= 15 is 0 Å².